The van der Waals surface area contributed by atoms with Gasteiger partial charge < -0.3 is 13.6 Å². The minimum Gasteiger partial charge on any atom is -0.486 e. The molecule has 0 aliphatic carbocycles. The Morgan fingerprint density at radius 2 is 1.65 bits per heavy atom. The summed E-state index contributed by atoms with van der Waals surface area (Å²) in [6.07, 6.45) is 1.37. The summed E-state index contributed by atoms with van der Waals surface area (Å²) in [5, 5.41) is 0. The third-order valence-electron chi connectivity index (χ3n) is 3.50. The van der Waals surface area contributed by atoms with E-state index in [-0.39, 0.29) is 18.1 Å². The zero-order valence-corrected chi connectivity index (χ0v) is 14.4. The summed E-state index contributed by atoms with van der Waals surface area (Å²) < 4.78 is 16.1. The molecule has 0 bridgehead atoms. The molecule has 134 valence electrons. The van der Waals surface area contributed by atoms with Crippen molar-refractivity contribution in [2.75, 3.05) is 0 Å². The Labute approximate surface area is 149 Å². The maximum absolute atomic E-state index is 12.0. The number of ether oxygens (including phenoxy) is 1. The van der Waals surface area contributed by atoms with E-state index in [9.17, 15) is 9.59 Å². The van der Waals surface area contributed by atoms with E-state index in [1.165, 1.54) is 18.4 Å². The summed E-state index contributed by atoms with van der Waals surface area (Å²) in [4.78, 5) is 23.7. The minimum atomic E-state index is -0.581. The van der Waals surface area contributed by atoms with E-state index in [1.807, 2.05) is 26.0 Å². The highest BCUT2D eigenvalue weighted by Gasteiger charge is 2.14. The first kappa shape index (κ1) is 17.3. The molecule has 0 aliphatic rings. The molecule has 3 rings (SSSR count). The van der Waals surface area contributed by atoms with Gasteiger partial charge in [0, 0.05) is 0 Å². The van der Waals surface area contributed by atoms with Gasteiger partial charge in [0.25, 0.3) is 0 Å². The van der Waals surface area contributed by atoms with Gasteiger partial charge in [-0.05, 0) is 61.4 Å². The van der Waals surface area contributed by atoms with Crippen LogP contribution in [0.1, 0.15) is 38.0 Å². The number of nitrogens with one attached hydrogen (secondary N) is 2. The molecule has 0 saturated carbocycles. The van der Waals surface area contributed by atoms with Crippen LogP contribution in [0.4, 0.5) is 0 Å². The molecular weight excluding hydrogens is 336 g/mol. The van der Waals surface area contributed by atoms with Crippen LogP contribution in [0.25, 0.3) is 0 Å². The predicted octanol–water partition coefficient (Wildman–Crippen LogP) is 3.14. The number of rotatable bonds is 5. The molecule has 0 aliphatic heterocycles. The molecule has 2 aromatic heterocycles. The quantitative estimate of drug-likeness (QED) is 0.687. The average molecular weight is 354 g/mol. The summed E-state index contributed by atoms with van der Waals surface area (Å²) in [6, 6.07) is 12.1. The summed E-state index contributed by atoms with van der Waals surface area (Å²) in [6.45, 7) is 4.17. The maximum Gasteiger partial charge on any atom is 0.305 e. The maximum atomic E-state index is 12.0. The number of carbonyl (C=O) groups is 2. The van der Waals surface area contributed by atoms with Crippen LogP contribution >= 0.6 is 0 Å². The van der Waals surface area contributed by atoms with Gasteiger partial charge in [-0.1, -0.05) is 6.07 Å². The van der Waals surface area contributed by atoms with Gasteiger partial charge in [-0.25, -0.2) is 0 Å². The molecule has 26 heavy (non-hydrogen) atoms. The Hall–Kier alpha value is -3.48. The van der Waals surface area contributed by atoms with E-state index in [1.54, 1.807) is 12.1 Å². The lowest BCUT2D eigenvalue weighted by atomic mass is 10.1. The number of furan rings is 2. The van der Waals surface area contributed by atoms with Crippen molar-refractivity contribution in [3.8, 4) is 5.75 Å². The van der Waals surface area contributed by atoms with E-state index in [4.69, 9.17) is 13.6 Å². The zero-order chi connectivity index (χ0) is 18.5. The van der Waals surface area contributed by atoms with Gasteiger partial charge in [0.05, 0.1) is 6.26 Å². The van der Waals surface area contributed by atoms with Gasteiger partial charge in [0.15, 0.2) is 11.5 Å². The van der Waals surface area contributed by atoms with Gasteiger partial charge in [-0.2, -0.15) is 0 Å². The van der Waals surface area contributed by atoms with Gasteiger partial charge in [-0.3, -0.25) is 20.4 Å². The topological polar surface area (TPSA) is 93.7 Å². The van der Waals surface area contributed by atoms with Crippen molar-refractivity contribution in [3.63, 3.8) is 0 Å². The van der Waals surface area contributed by atoms with Crippen molar-refractivity contribution in [1.82, 2.24) is 10.9 Å². The van der Waals surface area contributed by atoms with E-state index in [0.29, 0.717) is 5.76 Å². The van der Waals surface area contributed by atoms with Crippen LogP contribution in [0, 0.1) is 13.8 Å². The highest BCUT2D eigenvalue weighted by Crippen LogP contribution is 2.18. The predicted molar refractivity (Wildman–Crippen MR) is 92.6 cm³/mol. The second-order valence-corrected chi connectivity index (χ2v) is 5.76. The first-order valence-corrected chi connectivity index (χ1v) is 7.95. The van der Waals surface area contributed by atoms with Crippen molar-refractivity contribution in [2.24, 2.45) is 0 Å². The fourth-order valence-electron chi connectivity index (χ4n) is 2.39. The third-order valence-corrected chi connectivity index (χ3v) is 3.50. The first-order valence-electron chi connectivity index (χ1n) is 7.95. The van der Waals surface area contributed by atoms with E-state index in [2.05, 4.69) is 16.9 Å². The van der Waals surface area contributed by atoms with Crippen LogP contribution in [0.5, 0.6) is 5.75 Å². The van der Waals surface area contributed by atoms with Gasteiger partial charge >= 0.3 is 11.8 Å². The zero-order valence-electron chi connectivity index (χ0n) is 14.4. The molecule has 7 heteroatoms. The summed E-state index contributed by atoms with van der Waals surface area (Å²) in [7, 11) is 0. The fraction of sp³-hybridized carbons (Fsp3) is 0.158. The monoisotopic (exact) mass is 354 g/mol. The van der Waals surface area contributed by atoms with E-state index >= 15 is 0 Å². The van der Waals surface area contributed by atoms with E-state index in [0.717, 1.165) is 16.9 Å². The minimum absolute atomic E-state index is 0.0590. The molecule has 1 aromatic carbocycles. The molecule has 0 unspecified atom stereocenters. The Balaban J connectivity index is 1.53. The SMILES string of the molecule is Cc1cc(C)cc(OCc2ccc(C(=O)NNC(=O)c3ccco3)o2)c1. The highest BCUT2D eigenvalue weighted by atomic mass is 16.5. The van der Waals surface area contributed by atoms with Gasteiger partial charge in [0.1, 0.15) is 18.1 Å². The van der Waals surface area contributed by atoms with Gasteiger partial charge in [-0.15, -0.1) is 0 Å². The number of carbonyl (C=O) groups excluding carboxylic acids is 2. The Bertz CT molecular complexity index is 892. The number of hydrogen-bond acceptors (Lipinski definition) is 5. The van der Waals surface area contributed by atoms with E-state index < -0.39 is 11.8 Å². The molecule has 2 heterocycles. The largest absolute Gasteiger partial charge is 0.486 e. The van der Waals surface area contributed by atoms with Crippen molar-refractivity contribution in [2.45, 2.75) is 20.5 Å². The molecular formula is C19H18N2O5. The van der Waals surface area contributed by atoms with Crippen molar-refractivity contribution in [3.05, 3.63) is 77.1 Å². The Kier molecular flexibility index (Phi) is 5.07. The van der Waals surface area contributed by atoms with Crippen LogP contribution in [0.2, 0.25) is 0 Å². The van der Waals surface area contributed by atoms with Crippen LogP contribution in [-0.2, 0) is 6.61 Å². The standard InChI is InChI=1S/C19H18N2O5/c1-12-8-13(2)10-15(9-12)25-11-14-5-6-17(26-14)19(23)21-20-18(22)16-4-3-7-24-16/h3-10H,11H2,1-2H3,(H,20,22)(H,21,23). The molecule has 2 N–H and O–H groups in total. The molecule has 3 aromatic rings. The molecule has 0 radical (unpaired) electrons. The molecule has 0 saturated heterocycles. The molecule has 0 spiro atoms. The first-order chi connectivity index (χ1) is 12.5. The third kappa shape index (κ3) is 4.32. The van der Waals surface area contributed by atoms with Crippen LogP contribution in [0.15, 0.2) is 57.6 Å². The van der Waals surface area contributed by atoms with Gasteiger partial charge in [0.2, 0.25) is 0 Å². The average Bonchev–Trinajstić information content (AvgIpc) is 3.28. The Morgan fingerprint density at radius 1 is 0.962 bits per heavy atom. The second-order valence-electron chi connectivity index (χ2n) is 5.76. The lowest BCUT2D eigenvalue weighted by Crippen LogP contribution is -2.41. The van der Waals surface area contributed by atoms with Crippen molar-refractivity contribution < 1.29 is 23.2 Å². The molecule has 0 fully saturated rings. The summed E-state index contributed by atoms with van der Waals surface area (Å²) in [5.41, 5.74) is 6.70. The van der Waals surface area contributed by atoms with Crippen LogP contribution < -0.4 is 15.6 Å². The molecule has 2 amide bonds. The summed E-state index contributed by atoms with van der Waals surface area (Å²) >= 11 is 0. The number of hydrazine groups is 1. The number of hydrogen-bond donors (Lipinski definition) is 2. The number of aryl methyl sites for hydroxylation is 2. The fourth-order valence-corrected chi connectivity index (χ4v) is 2.39. The normalized spacial score (nSPS) is 10.4. The summed E-state index contributed by atoms with van der Waals surface area (Å²) in [5.74, 6) is 0.231. The Morgan fingerprint density at radius 3 is 2.31 bits per heavy atom. The van der Waals surface area contributed by atoms with Crippen molar-refractivity contribution in [1.29, 1.82) is 0 Å². The molecule has 0 atom stereocenters. The second kappa shape index (κ2) is 7.60. The van der Waals surface area contributed by atoms with Crippen LogP contribution in [0.3, 0.4) is 0 Å². The highest BCUT2D eigenvalue weighted by molar-refractivity contribution is 5.96. The number of benzene rings is 1. The number of amides is 2. The lowest BCUT2D eigenvalue weighted by Gasteiger charge is -2.07. The van der Waals surface area contributed by atoms with Crippen molar-refractivity contribution >= 4 is 11.8 Å². The molecule has 7 nitrogen and oxygen atoms in total. The smallest absolute Gasteiger partial charge is 0.305 e. The lowest BCUT2D eigenvalue weighted by molar-refractivity contribution is 0.0815. The van der Waals surface area contributed by atoms with Crippen LogP contribution in [-0.4, -0.2) is 11.8 Å².